The van der Waals surface area contributed by atoms with Crippen LogP contribution in [-0.4, -0.2) is 48.4 Å². The molecule has 49 heavy (non-hydrogen) atoms. The number of hydrogen-bond acceptors (Lipinski definition) is 11. The fourth-order valence-electron chi connectivity index (χ4n) is 4.17. The fourth-order valence-corrected chi connectivity index (χ4v) is 4.17. The van der Waals surface area contributed by atoms with Crippen molar-refractivity contribution in [3.63, 3.8) is 0 Å². The molecule has 1 aliphatic rings. The van der Waals surface area contributed by atoms with E-state index in [1.807, 2.05) is 0 Å². The van der Waals surface area contributed by atoms with Gasteiger partial charge in [0, 0.05) is 43.4 Å². The molecule has 3 amide bonds. The summed E-state index contributed by atoms with van der Waals surface area (Å²) in [5.74, 6) is 1.32. The Hall–Kier alpha value is -6.64. The molecule has 0 saturated carbocycles. The minimum atomic E-state index is -0.633. The van der Waals surface area contributed by atoms with Crippen molar-refractivity contribution in [3.05, 3.63) is 95.0 Å². The Labute approximate surface area is 280 Å². The molecule has 0 radical (unpaired) electrons. The van der Waals surface area contributed by atoms with E-state index in [1.54, 1.807) is 73.7 Å². The zero-order valence-electron chi connectivity index (χ0n) is 26.6. The van der Waals surface area contributed by atoms with Crippen LogP contribution in [0, 0.1) is 10.1 Å². The summed E-state index contributed by atoms with van der Waals surface area (Å²) in [5, 5.41) is 19.2. The standard InChI is InChI=1S/C18H18N2O7.C16H14N2O4/c1-3-25-18(22)11-26-17-10-15(8-9-16(17)20(23)24)27-14-6-4-13(5-7-14)19-12(2)21;1-10(19)17-11-2-4-12(5-3-11)22-13-6-7-14-15(8-13)21-9-16(20)18-14/h4-10H,3,11H2,1-2H3,(H,19,21);2-8H,9H2,1H3,(H,17,19)(H,18,20). The number of rotatable bonds is 11. The van der Waals surface area contributed by atoms with Gasteiger partial charge in [0.2, 0.25) is 17.6 Å². The van der Waals surface area contributed by atoms with Crippen LogP contribution in [0.1, 0.15) is 20.8 Å². The van der Waals surface area contributed by atoms with Crippen molar-refractivity contribution >= 4 is 46.4 Å². The molecule has 254 valence electrons. The molecule has 0 aliphatic carbocycles. The van der Waals surface area contributed by atoms with Crippen molar-refractivity contribution in [2.24, 2.45) is 0 Å². The van der Waals surface area contributed by atoms with Crippen LogP contribution >= 0.6 is 0 Å². The first-order chi connectivity index (χ1) is 23.5. The molecule has 15 heteroatoms. The third-order valence-electron chi connectivity index (χ3n) is 6.19. The number of carbonyl (C=O) groups is 4. The van der Waals surface area contributed by atoms with E-state index >= 15 is 0 Å². The number of anilines is 3. The highest BCUT2D eigenvalue weighted by Crippen LogP contribution is 2.35. The van der Waals surface area contributed by atoms with Gasteiger partial charge in [-0.3, -0.25) is 24.5 Å². The number of amides is 3. The molecule has 1 aliphatic heterocycles. The van der Waals surface area contributed by atoms with Gasteiger partial charge in [0.15, 0.2) is 13.2 Å². The zero-order valence-corrected chi connectivity index (χ0v) is 26.6. The summed E-state index contributed by atoms with van der Waals surface area (Å²) in [5.41, 5.74) is 1.64. The third-order valence-corrected chi connectivity index (χ3v) is 6.19. The predicted molar refractivity (Wildman–Crippen MR) is 177 cm³/mol. The molecule has 0 spiro atoms. The van der Waals surface area contributed by atoms with Crippen LogP contribution in [0.15, 0.2) is 84.9 Å². The number of hydrogen-bond donors (Lipinski definition) is 3. The van der Waals surface area contributed by atoms with Crippen LogP contribution in [0.2, 0.25) is 0 Å². The molecule has 0 fully saturated rings. The maximum atomic E-state index is 11.4. The van der Waals surface area contributed by atoms with Gasteiger partial charge >= 0.3 is 11.7 Å². The van der Waals surface area contributed by atoms with Crippen molar-refractivity contribution < 1.29 is 47.8 Å². The van der Waals surface area contributed by atoms with E-state index in [4.69, 9.17) is 23.7 Å². The minimum Gasteiger partial charge on any atom is -0.481 e. The molecule has 1 heterocycles. The highest BCUT2D eigenvalue weighted by atomic mass is 16.6. The van der Waals surface area contributed by atoms with Crippen LogP contribution < -0.4 is 34.9 Å². The number of benzene rings is 4. The number of esters is 1. The van der Waals surface area contributed by atoms with Gasteiger partial charge in [-0.1, -0.05) is 0 Å². The third kappa shape index (κ3) is 11.0. The number of fused-ring (bicyclic) bond motifs is 1. The van der Waals surface area contributed by atoms with Gasteiger partial charge in [0.25, 0.3) is 5.91 Å². The Morgan fingerprint density at radius 3 is 1.88 bits per heavy atom. The Morgan fingerprint density at radius 1 is 0.816 bits per heavy atom. The van der Waals surface area contributed by atoms with E-state index in [9.17, 15) is 29.3 Å². The lowest BCUT2D eigenvalue weighted by Gasteiger charge is -2.18. The number of nitrogens with one attached hydrogen (secondary N) is 3. The molecular formula is C34H32N4O11. The molecule has 3 N–H and O–H groups in total. The summed E-state index contributed by atoms with van der Waals surface area (Å²) in [6.45, 7) is 4.23. The molecule has 15 nitrogen and oxygen atoms in total. The molecule has 0 aromatic heterocycles. The number of nitrogens with zero attached hydrogens (tertiary/aromatic N) is 1. The summed E-state index contributed by atoms with van der Waals surface area (Å²) in [7, 11) is 0. The Balaban J connectivity index is 0.000000225. The van der Waals surface area contributed by atoms with Gasteiger partial charge in [-0.25, -0.2) is 4.79 Å². The van der Waals surface area contributed by atoms with Crippen LogP contribution in [0.25, 0.3) is 0 Å². The first-order valence-corrected chi connectivity index (χ1v) is 14.7. The zero-order chi connectivity index (χ0) is 35.3. The first kappa shape index (κ1) is 35.2. The Morgan fingerprint density at radius 2 is 1.35 bits per heavy atom. The number of nitro groups is 1. The van der Waals surface area contributed by atoms with E-state index in [0.29, 0.717) is 40.1 Å². The van der Waals surface area contributed by atoms with Crippen molar-refractivity contribution in [1.29, 1.82) is 0 Å². The average molecular weight is 673 g/mol. The van der Waals surface area contributed by atoms with Gasteiger partial charge in [-0.15, -0.1) is 0 Å². The molecule has 5 rings (SSSR count). The molecule has 0 unspecified atom stereocenters. The van der Waals surface area contributed by atoms with Crippen LogP contribution in [-0.2, 0) is 23.9 Å². The lowest BCUT2D eigenvalue weighted by Crippen LogP contribution is -2.25. The molecule has 0 saturated heterocycles. The summed E-state index contributed by atoms with van der Waals surface area (Å²) in [6, 6.07) is 22.7. The second-order valence-electron chi connectivity index (χ2n) is 10.1. The van der Waals surface area contributed by atoms with Crippen molar-refractivity contribution in [3.8, 4) is 34.5 Å². The maximum absolute atomic E-state index is 11.4. The van der Waals surface area contributed by atoms with E-state index < -0.39 is 17.5 Å². The van der Waals surface area contributed by atoms with Gasteiger partial charge < -0.3 is 39.6 Å². The van der Waals surface area contributed by atoms with Crippen molar-refractivity contribution in [2.45, 2.75) is 20.8 Å². The van der Waals surface area contributed by atoms with E-state index in [-0.39, 0.29) is 48.1 Å². The van der Waals surface area contributed by atoms with Gasteiger partial charge in [-0.05, 0) is 73.7 Å². The number of ether oxygens (including phenoxy) is 5. The Kier molecular flexibility index (Phi) is 12.1. The highest BCUT2D eigenvalue weighted by molar-refractivity contribution is 5.95. The lowest BCUT2D eigenvalue weighted by atomic mass is 10.2. The Bertz CT molecular complexity index is 1830. The van der Waals surface area contributed by atoms with Gasteiger partial charge in [0.05, 0.1) is 17.2 Å². The van der Waals surface area contributed by atoms with Crippen LogP contribution in [0.3, 0.4) is 0 Å². The largest absolute Gasteiger partial charge is 0.481 e. The molecule has 0 atom stereocenters. The number of carbonyl (C=O) groups excluding carboxylic acids is 4. The summed E-state index contributed by atoms with van der Waals surface area (Å²) in [6.07, 6.45) is 0. The SMILES string of the molecule is CC(=O)Nc1ccc(Oc2ccc3c(c2)OCC(=O)N3)cc1.CCOC(=O)COc1cc(Oc2ccc(NC(C)=O)cc2)ccc1[N+](=O)[O-]. The topological polar surface area (TPSA) is 194 Å². The van der Waals surface area contributed by atoms with Crippen molar-refractivity contribution in [2.75, 3.05) is 35.8 Å². The van der Waals surface area contributed by atoms with Crippen molar-refractivity contribution in [1.82, 2.24) is 0 Å². The number of nitro benzene ring substituents is 1. The molecule has 4 aromatic rings. The fraction of sp³-hybridized carbons (Fsp3) is 0.176. The van der Waals surface area contributed by atoms with Gasteiger partial charge in [0.1, 0.15) is 28.7 Å². The normalized spacial score (nSPS) is 11.2. The monoisotopic (exact) mass is 672 g/mol. The second kappa shape index (κ2) is 16.8. The van der Waals surface area contributed by atoms with E-state index in [1.165, 1.54) is 32.0 Å². The summed E-state index contributed by atoms with van der Waals surface area (Å²) in [4.78, 5) is 55.1. The quantitative estimate of drug-likeness (QED) is 0.0953. The molecule has 4 aromatic carbocycles. The molecular weight excluding hydrogens is 640 g/mol. The lowest BCUT2D eigenvalue weighted by molar-refractivity contribution is -0.385. The maximum Gasteiger partial charge on any atom is 0.344 e. The molecule has 0 bridgehead atoms. The minimum absolute atomic E-state index is 0.00185. The van der Waals surface area contributed by atoms with Crippen LogP contribution in [0.4, 0.5) is 22.7 Å². The average Bonchev–Trinajstić information content (AvgIpc) is 3.05. The second-order valence-corrected chi connectivity index (χ2v) is 10.1. The van der Waals surface area contributed by atoms with E-state index in [2.05, 4.69) is 16.0 Å². The van der Waals surface area contributed by atoms with Crippen LogP contribution in [0.5, 0.6) is 34.5 Å². The first-order valence-electron chi connectivity index (χ1n) is 14.7. The smallest absolute Gasteiger partial charge is 0.344 e. The highest BCUT2D eigenvalue weighted by Gasteiger charge is 2.19. The summed E-state index contributed by atoms with van der Waals surface area (Å²) < 4.78 is 26.6. The predicted octanol–water partition coefficient (Wildman–Crippen LogP) is 6.06. The summed E-state index contributed by atoms with van der Waals surface area (Å²) >= 11 is 0. The van der Waals surface area contributed by atoms with Gasteiger partial charge in [-0.2, -0.15) is 0 Å². The van der Waals surface area contributed by atoms with E-state index in [0.717, 1.165) is 0 Å².